The fraction of sp³-hybridized carbons (Fsp3) is 0.684. The van der Waals surface area contributed by atoms with Gasteiger partial charge in [0.25, 0.3) is 0 Å². The predicted molar refractivity (Wildman–Crippen MR) is 87.5 cm³/mol. The Kier molecular flexibility index (Phi) is 3.56. The van der Waals surface area contributed by atoms with Crippen molar-refractivity contribution in [1.82, 2.24) is 0 Å². The molecule has 0 bridgehead atoms. The summed E-state index contributed by atoms with van der Waals surface area (Å²) in [4.78, 5) is 0. The molecular weight excluding hydrogens is 258 g/mol. The van der Waals surface area contributed by atoms with Crippen molar-refractivity contribution < 1.29 is 4.74 Å². The summed E-state index contributed by atoms with van der Waals surface area (Å²) >= 11 is 0. The third-order valence-electron chi connectivity index (χ3n) is 5.60. The van der Waals surface area contributed by atoms with Gasteiger partial charge in [0.15, 0.2) is 0 Å². The molecule has 2 nitrogen and oxygen atoms in total. The summed E-state index contributed by atoms with van der Waals surface area (Å²) in [6.45, 7) is 9.20. The number of rotatable bonds is 0. The lowest BCUT2D eigenvalue weighted by Gasteiger charge is -2.47. The number of hydrogen-bond acceptors (Lipinski definition) is 2. The van der Waals surface area contributed by atoms with Crippen molar-refractivity contribution in [2.45, 2.75) is 71.4 Å². The van der Waals surface area contributed by atoms with Gasteiger partial charge in [-0.25, -0.2) is 0 Å². The molecule has 0 saturated heterocycles. The van der Waals surface area contributed by atoms with Crippen LogP contribution >= 0.6 is 0 Å². The molecule has 21 heavy (non-hydrogen) atoms. The second-order valence-electron chi connectivity index (χ2n) is 8.28. The zero-order chi connectivity index (χ0) is 15.3. The lowest BCUT2D eigenvalue weighted by molar-refractivity contribution is -0.0254. The standard InChI is InChI=1S/C19H29NO/c1-13-5-6-17-15(11-13)16(20)12-19(21-17)9-7-14(8-10-19)18(2,3)4/h5-6,11,14,16H,7-10,12,20H2,1-4H3/t14?,16-,19?/m0/s1. The molecule has 3 rings (SSSR count). The number of aryl methyl sites for hydroxylation is 1. The maximum Gasteiger partial charge on any atom is 0.124 e. The first-order valence-corrected chi connectivity index (χ1v) is 8.34. The summed E-state index contributed by atoms with van der Waals surface area (Å²) in [7, 11) is 0. The Morgan fingerprint density at radius 2 is 1.86 bits per heavy atom. The van der Waals surface area contributed by atoms with E-state index in [1.165, 1.54) is 24.0 Å². The van der Waals surface area contributed by atoms with Crippen molar-refractivity contribution in [3.05, 3.63) is 29.3 Å². The van der Waals surface area contributed by atoms with E-state index in [9.17, 15) is 0 Å². The van der Waals surface area contributed by atoms with Crippen LogP contribution in [-0.2, 0) is 0 Å². The van der Waals surface area contributed by atoms with Gasteiger partial charge in [0.05, 0.1) is 0 Å². The first-order valence-electron chi connectivity index (χ1n) is 8.34. The first kappa shape index (κ1) is 14.9. The number of hydrogen-bond donors (Lipinski definition) is 1. The van der Waals surface area contributed by atoms with Crippen molar-refractivity contribution in [3.63, 3.8) is 0 Å². The zero-order valence-corrected chi connectivity index (χ0v) is 13.9. The van der Waals surface area contributed by atoms with Crippen molar-refractivity contribution in [3.8, 4) is 5.75 Å². The average Bonchev–Trinajstić information content (AvgIpc) is 2.39. The van der Waals surface area contributed by atoms with Gasteiger partial charge in [-0.3, -0.25) is 0 Å². The van der Waals surface area contributed by atoms with Crippen LogP contribution in [0.2, 0.25) is 0 Å². The highest BCUT2D eigenvalue weighted by atomic mass is 16.5. The Labute approximate surface area is 129 Å². The first-order chi connectivity index (χ1) is 9.79. The fourth-order valence-corrected chi connectivity index (χ4v) is 4.15. The molecule has 1 heterocycles. The molecule has 1 aromatic carbocycles. The van der Waals surface area contributed by atoms with Crippen LogP contribution in [-0.4, -0.2) is 5.60 Å². The summed E-state index contributed by atoms with van der Waals surface area (Å²) in [6.07, 6.45) is 5.79. The Morgan fingerprint density at radius 1 is 1.19 bits per heavy atom. The van der Waals surface area contributed by atoms with Crippen LogP contribution in [0.25, 0.3) is 0 Å². The van der Waals surface area contributed by atoms with Crippen molar-refractivity contribution >= 4 is 0 Å². The molecule has 1 aromatic rings. The van der Waals surface area contributed by atoms with Gasteiger partial charge in [-0.2, -0.15) is 0 Å². The smallest absolute Gasteiger partial charge is 0.124 e. The molecule has 1 spiro atoms. The summed E-state index contributed by atoms with van der Waals surface area (Å²) in [5.74, 6) is 1.83. The van der Waals surface area contributed by atoms with E-state index in [2.05, 4.69) is 45.9 Å². The SMILES string of the molecule is Cc1ccc2c(c1)[C@@H](N)CC1(CCC(C(C)(C)C)CC1)O2. The highest BCUT2D eigenvalue weighted by Crippen LogP contribution is 2.49. The van der Waals surface area contributed by atoms with Gasteiger partial charge in [-0.1, -0.05) is 38.5 Å². The van der Waals surface area contributed by atoms with Crippen LogP contribution < -0.4 is 10.5 Å². The van der Waals surface area contributed by atoms with Crippen LogP contribution in [0.4, 0.5) is 0 Å². The molecule has 2 heteroatoms. The predicted octanol–water partition coefficient (Wildman–Crippen LogP) is 4.75. The van der Waals surface area contributed by atoms with Crippen molar-refractivity contribution in [1.29, 1.82) is 0 Å². The quantitative estimate of drug-likeness (QED) is 0.747. The minimum Gasteiger partial charge on any atom is -0.487 e. The summed E-state index contributed by atoms with van der Waals surface area (Å²) < 4.78 is 6.47. The minimum atomic E-state index is -0.0105. The van der Waals surface area contributed by atoms with E-state index in [1.54, 1.807) is 0 Å². The summed E-state index contributed by atoms with van der Waals surface area (Å²) in [5.41, 5.74) is 9.32. The van der Waals surface area contributed by atoms with Crippen LogP contribution in [0.15, 0.2) is 18.2 Å². The molecule has 1 aliphatic heterocycles. The van der Waals surface area contributed by atoms with Crippen molar-refractivity contribution in [2.24, 2.45) is 17.1 Å². The van der Waals surface area contributed by atoms with Crippen LogP contribution in [0.5, 0.6) is 5.75 Å². The van der Waals surface area contributed by atoms with Gasteiger partial charge >= 0.3 is 0 Å². The number of ether oxygens (including phenoxy) is 1. The van der Waals surface area contributed by atoms with E-state index in [0.717, 1.165) is 30.9 Å². The third kappa shape index (κ3) is 2.83. The highest BCUT2D eigenvalue weighted by molar-refractivity contribution is 5.41. The maximum absolute atomic E-state index is 6.47. The van der Waals surface area contributed by atoms with Gasteiger partial charge in [-0.05, 0) is 50.0 Å². The second kappa shape index (κ2) is 5.01. The molecule has 1 saturated carbocycles. The zero-order valence-electron chi connectivity index (χ0n) is 13.9. The van der Waals surface area contributed by atoms with Crippen molar-refractivity contribution in [2.75, 3.05) is 0 Å². The van der Waals surface area contributed by atoms with E-state index in [-0.39, 0.29) is 11.6 Å². The Morgan fingerprint density at radius 3 is 2.48 bits per heavy atom. The Hall–Kier alpha value is -1.02. The Balaban J connectivity index is 1.79. The van der Waals surface area contributed by atoms with Gasteiger partial charge < -0.3 is 10.5 Å². The van der Waals surface area contributed by atoms with E-state index >= 15 is 0 Å². The Bertz CT molecular complexity index is 521. The van der Waals surface area contributed by atoms with Gasteiger partial charge in [0, 0.05) is 18.0 Å². The fourth-order valence-electron chi connectivity index (χ4n) is 4.15. The van der Waals surface area contributed by atoms with Crippen LogP contribution in [0.1, 0.15) is 70.0 Å². The molecule has 1 fully saturated rings. The summed E-state index contributed by atoms with van der Waals surface area (Å²) in [6, 6.07) is 6.56. The monoisotopic (exact) mass is 287 g/mol. The summed E-state index contributed by atoms with van der Waals surface area (Å²) in [5, 5.41) is 0. The molecule has 0 unspecified atom stereocenters. The number of fused-ring (bicyclic) bond motifs is 1. The van der Waals surface area contributed by atoms with E-state index in [1.807, 2.05) is 0 Å². The topological polar surface area (TPSA) is 35.2 Å². The average molecular weight is 287 g/mol. The highest BCUT2D eigenvalue weighted by Gasteiger charge is 2.44. The lowest BCUT2D eigenvalue weighted by atomic mass is 9.66. The molecule has 116 valence electrons. The lowest BCUT2D eigenvalue weighted by Crippen LogP contribution is -2.46. The second-order valence-corrected chi connectivity index (χ2v) is 8.28. The van der Waals surface area contributed by atoms with E-state index in [4.69, 9.17) is 10.5 Å². The van der Waals surface area contributed by atoms with Gasteiger partial charge in [0.2, 0.25) is 0 Å². The molecule has 2 N–H and O–H groups in total. The normalized spacial score (nSPS) is 32.6. The minimum absolute atomic E-state index is 0.0105. The van der Waals surface area contributed by atoms with Gasteiger partial charge in [-0.15, -0.1) is 0 Å². The molecule has 0 aromatic heterocycles. The van der Waals surface area contributed by atoms with Crippen LogP contribution in [0, 0.1) is 18.3 Å². The third-order valence-corrected chi connectivity index (χ3v) is 5.60. The molecule has 1 aliphatic carbocycles. The molecule has 1 atom stereocenters. The van der Waals surface area contributed by atoms with Gasteiger partial charge in [0.1, 0.15) is 11.4 Å². The van der Waals surface area contributed by atoms with E-state index < -0.39 is 0 Å². The molecule has 0 amide bonds. The largest absolute Gasteiger partial charge is 0.487 e. The maximum atomic E-state index is 6.47. The van der Waals surface area contributed by atoms with E-state index in [0.29, 0.717) is 5.41 Å². The number of nitrogens with two attached hydrogens (primary N) is 1. The molecule has 0 radical (unpaired) electrons. The molecular formula is C19H29NO. The molecule has 2 aliphatic rings. The number of benzene rings is 1. The van der Waals surface area contributed by atoms with Crippen LogP contribution in [0.3, 0.4) is 0 Å².